The normalized spacial score (nSPS) is 18.9. The zero-order chi connectivity index (χ0) is 22.4. The Balaban J connectivity index is 1.49. The second-order valence-corrected chi connectivity index (χ2v) is 9.05. The summed E-state index contributed by atoms with van der Waals surface area (Å²) in [7, 11) is 0. The van der Waals surface area contributed by atoms with Gasteiger partial charge in [-0.25, -0.2) is 4.98 Å². The predicted molar refractivity (Wildman–Crippen MR) is 133 cm³/mol. The average Bonchev–Trinajstić information content (AvgIpc) is 3.49. The lowest BCUT2D eigenvalue weighted by Crippen LogP contribution is -2.36. The Bertz CT molecular complexity index is 1390. The number of benzene rings is 2. The lowest BCUT2D eigenvalue weighted by Gasteiger charge is -2.28. The fraction of sp³-hybridized carbons (Fsp3) is 0.333. The number of nitrogens with one attached hydrogen (secondary N) is 4. The third kappa shape index (κ3) is 3.84. The molecule has 1 atom stereocenters. The van der Waals surface area contributed by atoms with Crippen LogP contribution in [0.25, 0.3) is 33.3 Å². The van der Waals surface area contributed by atoms with Gasteiger partial charge < -0.3 is 30.2 Å². The Morgan fingerprint density at radius 3 is 2.79 bits per heavy atom. The van der Waals surface area contributed by atoms with E-state index in [-0.39, 0.29) is 11.6 Å². The number of H-pyrrole nitrogens is 2. The molecule has 4 N–H and O–H groups in total. The molecule has 2 saturated heterocycles. The van der Waals surface area contributed by atoms with Gasteiger partial charge in [-0.3, -0.25) is 4.79 Å². The number of nitrogens with zero attached hydrogens (tertiary/aromatic N) is 2. The highest BCUT2D eigenvalue weighted by molar-refractivity contribution is 6.31. The van der Waals surface area contributed by atoms with Gasteiger partial charge in [0.1, 0.15) is 11.4 Å². The quantitative estimate of drug-likeness (QED) is 0.370. The largest absolute Gasteiger partial charge is 0.380 e. The summed E-state index contributed by atoms with van der Waals surface area (Å²) < 4.78 is 5.47. The third-order valence-electron chi connectivity index (χ3n) is 6.46. The van der Waals surface area contributed by atoms with Crippen LogP contribution in [0.3, 0.4) is 0 Å². The lowest BCUT2D eigenvalue weighted by molar-refractivity contribution is 0.122. The Morgan fingerprint density at radius 1 is 1.09 bits per heavy atom. The fourth-order valence-electron chi connectivity index (χ4n) is 4.76. The molecule has 4 aromatic rings. The van der Waals surface area contributed by atoms with Crippen molar-refractivity contribution in [1.29, 1.82) is 0 Å². The Hall–Kier alpha value is -3.07. The molecule has 2 aromatic carbocycles. The molecule has 33 heavy (non-hydrogen) atoms. The number of hydrogen-bond acceptors (Lipinski definition) is 6. The number of morpholine rings is 1. The van der Waals surface area contributed by atoms with Crippen LogP contribution in [0.1, 0.15) is 6.42 Å². The van der Waals surface area contributed by atoms with Crippen molar-refractivity contribution in [2.24, 2.45) is 0 Å². The second-order valence-electron chi connectivity index (χ2n) is 8.61. The first-order valence-electron chi connectivity index (χ1n) is 11.3. The molecule has 9 heteroatoms. The molecule has 0 aliphatic carbocycles. The van der Waals surface area contributed by atoms with E-state index in [0.29, 0.717) is 16.4 Å². The van der Waals surface area contributed by atoms with Crippen molar-refractivity contribution < 1.29 is 4.74 Å². The molecule has 0 amide bonds. The van der Waals surface area contributed by atoms with Gasteiger partial charge in [0.2, 0.25) is 0 Å². The van der Waals surface area contributed by atoms with Crippen LogP contribution in [-0.4, -0.2) is 60.4 Å². The van der Waals surface area contributed by atoms with Gasteiger partial charge in [0.15, 0.2) is 0 Å². The summed E-state index contributed by atoms with van der Waals surface area (Å²) in [6.07, 6.45) is 0.983. The molecular formula is C24H25ClN6O2. The van der Waals surface area contributed by atoms with Gasteiger partial charge in [-0.2, -0.15) is 0 Å². The van der Waals surface area contributed by atoms with Crippen molar-refractivity contribution >= 4 is 44.9 Å². The molecule has 0 saturated carbocycles. The number of aromatic amines is 2. The molecule has 6 rings (SSSR count). The standard InChI is InChI=1S/C24H25ClN6O2/c25-14-1-3-18-17(11-14)22(27-15-5-6-26-13-15)21(24(32)30-18)23-28-19-4-2-16(12-20(19)29-23)31-7-9-33-10-8-31/h1-4,11-12,15,26H,5-10,13H2,(H,28,29)(H2,27,30,32)/t15-/m0/s1. The van der Waals surface area contributed by atoms with Crippen LogP contribution in [0.5, 0.6) is 0 Å². The second kappa shape index (κ2) is 8.37. The number of halogens is 1. The van der Waals surface area contributed by atoms with Crippen LogP contribution in [0, 0.1) is 0 Å². The topological polar surface area (TPSA) is 98.1 Å². The molecule has 0 spiro atoms. The van der Waals surface area contributed by atoms with Crippen molar-refractivity contribution in [2.45, 2.75) is 12.5 Å². The highest BCUT2D eigenvalue weighted by atomic mass is 35.5. The average molecular weight is 465 g/mol. The molecule has 170 valence electrons. The van der Waals surface area contributed by atoms with E-state index in [1.807, 2.05) is 18.2 Å². The zero-order valence-corrected chi connectivity index (χ0v) is 18.8. The van der Waals surface area contributed by atoms with E-state index in [9.17, 15) is 4.79 Å². The van der Waals surface area contributed by atoms with Crippen LogP contribution in [0.15, 0.2) is 41.2 Å². The highest BCUT2D eigenvalue weighted by Crippen LogP contribution is 2.34. The number of anilines is 2. The number of ether oxygens (including phenoxy) is 1. The first-order valence-corrected chi connectivity index (χ1v) is 11.7. The number of rotatable bonds is 4. The molecule has 2 aliphatic heterocycles. The monoisotopic (exact) mass is 464 g/mol. The highest BCUT2D eigenvalue weighted by Gasteiger charge is 2.23. The van der Waals surface area contributed by atoms with E-state index in [0.717, 1.165) is 79.1 Å². The van der Waals surface area contributed by atoms with Crippen molar-refractivity contribution in [1.82, 2.24) is 20.3 Å². The molecule has 0 radical (unpaired) electrons. The predicted octanol–water partition coefficient (Wildman–Crippen LogP) is 3.34. The van der Waals surface area contributed by atoms with E-state index < -0.39 is 0 Å². The van der Waals surface area contributed by atoms with Crippen LogP contribution in [-0.2, 0) is 4.74 Å². The van der Waals surface area contributed by atoms with Gasteiger partial charge in [-0.1, -0.05) is 11.6 Å². The van der Waals surface area contributed by atoms with Crippen LogP contribution >= 0.6 is 11.6 Å². The Labute approximate surface area is 195 Å². The summed E-state index contributed by atoms with van der Waals surface area (Å²) in [5.41, 5.74) is 4.65. The van der Waals surface area contributed by atoms with Gasteiger partial charge >= 0.3 is 0 Å². The summed E-state index contributed by atoms with van der Waals surface area (Å²) in [5, 5.41) is 8.47. The maximum atomic E-state index is 13.3. The molecule has 0 bridgehead atoms. The molecular weight excluding hydrogens is 440 g/mol. The van der Waals surface area contributed by atoms with Crippen LogP contribution in [0.2, 0.25) is 5.02 Å². The van der Waals surface area contributed by atoms with Crippen molar-refractivity contribution in [3.8, 4) is 11.4 Å². The third-order valence-corrected chi connectivity index (χ3v) is 6.70. The smallest absolute Gasteiger partial charge is 0.261 e. The van der Waals surface area contributed by atoms with Crippen LogP contribution < -0.4 is 21.1 Å². The maximum absolute atomic E-state index is 13.3. The molecule has 2 aliphatic rings. The molecule has 8 nitrogen and oxygen atoms in total. The van der Waals surface area contributed by atoms with E-state index in [2.05, 4.69) is 37.6 Å². The van der Waals surface area contributed by atoms with Crippen molar-refractivity contribution in [2.75, 3.05) is 49.6 Å². The lowest BCUT2D eigenvalue weighted by atomic mass is 10.1. The Morgan fingerprint density at radius 2 is 1.97 bits per heavy atom. The number of aromatic nitrogens is 3. The number of hydrogen-bond donors (Lipinski definition) is 4. The summed E-state index contributed by atoms with van der Waals surface area (Å²) in [4.78, 5) is 26.8. The van der Waals surface area contributed by atoms with E-state index in [4.69, 9.17) is 21.3 Å². The molecule has 2 aromatic heterocycles. The summed E-state index contributed by atoms with van der Waals surface area (Å²) in [5.74, 6) is 0.542. The van der Waals surface area contributed by atoms with Gasteiger partial charge in [-0.05, 0) is 49.4 Å². The number of fused-ring (bicyclic) bond motifs is 2. The van der Waals surface area contributed by atoms with E-state index in [1.165, 1.54) is 0 Å². The molecule has 0 unspecified atom stereocenters. The zero-order valence-electron chi connectivity index (χ0n) is 18.1. The number of imidazole rings is 1. The Kier molecular flexibility index (Phi) is 5.21. The minimum Gasteiger partial charge on any atom is -0.380 e. The molecule has 4 heterocycles. The summed E-state index contributed by atoms with van der Waals surface area (Å²) >= 11 is 6.33. The maximum Gasteiger partial charge on any atom is 0.261 e. The first kappa shape index (κ1) is 20.5. The van der Waals surface area contributed by atoms with Crippen molar-refractivity contribution in [3.05, 3.63) is 51.8 Å². The van der Waals surface area contributed by atoms with Crippen LogP contribution in [0.4, 0.5) is 11.4 Å². The SMILES string of the molecule is O=c1[nH]c2ccc(Cl)cc2c(N[C@H]2CCNC2)c1-c1nc2ccc(N3CCOCC3)cc2[nH]1. The van der Waals surface area contributed by atoms with E-state index in [1.54, 1.807) is 6.07 Å². The number of pyridine rings is 1. The van der Waals surface area contributed by atoms with E-state index >= 15 is 0 Å². The van der Waals surface area contributed by atoms with Crippen molar-refractivity contribution in [3.63, 3.8) is 0 Å². The minimum absolute atomic E-state index is 0.189. The first-order chi connectivity index (χ1) is 16.2. The van der Waals surface area contributed by atoms with Gasteiger partial charge in [0.05, 0.1) is 35.5 Å². The van der Waals surface area contributed by atoms with Gasteiger partial charge in [0.25, 0.3) is 5.56 Å². The fourth-order valence-corrected chi connectivity index (χ4v) is 4.93. The summed E-state index contributed by atoms with van der Waals surface area (Å²) in [6.45, 7) is 4.97. The minimum atomic E-state index is -0.189. The van der Waals surface area contributed by atoms with Gasteiger partial charge in [0, 0.05) is 41.8 Å². The summed E-state index contributed by atoms with van der Waals surface area (Å²) in [6, 6.07) is 11.9. The molecule has 2 fully saturated rings. The van der Waals surface area contributed by atoms with Gasteiger partial charge in [-0.15, -0.1) is 0 Å².